The number of furan rings is 1. The summed E-state index contributed by atoms with van der Waals surface area (Å²) in [6.45, 7) is 5.20. The Labute approximate surface area is 223 Å². The number of ether oxygens (including phenoxy) is 3. The second-order valence-corrected chi connectivity index (χ2v) is 10.1. The molecule has 0 saturated carbocycles. The van der Waals surface area contributed by atoms with Crippen LogP contribution in [0.15, 0.2) is 81.9 Å². The summed E-state index contributed by atoms with van der Waals surface area (Å²) >= 11 is 3.44. The summed E-state index contributed by atoms with van der Waals surface area (Å²) in [5.74, 6) is 1.66. The molecule has 1 aromatic heterocycles. The molecular weight excluding hydrogens is 534 g/mol. The van der Waals surface area contributed by atoms with Gasteiger partial charge < -0.3 is 18.6 Å². The molecule has 188 valence electrons. The van der Waals surface area contributed by atoms with Crippen molar-refractivity contribution in [2.24, 2.45) is 0 Å². The highest BCUT2D eigenvalue weighted by Crippen LogP contribution is 2.40. The van der Waals surface area contributed by atoms with E-state index in [1.165, 1.54) is 0 Å². The zero-order chi connectivity index (χ0) is 25.4. The van der Waals surface area contributed by atoms with Crippen LogP contribution < -0.4 is 9.47 Å². The molecule has 0 spiro atoms. The van der Waals surface area contributed by atoms with Gasteiger partial charge >= 0.3 is 0 Å². The Bertz CT molecular complexity index is 1470. The maximum Gasteiger partial charge on any atom is 0.228 e. The molecule has 1 atom stereocenters. The first-order valence-electron chi connectivity index (χ1n) is 12.4. The third kappa shape index (κ3) is 4.82. The molecule has 4 aromatic rings. The highest BCUT2D eigenvalue weighted by molar-refractivity contribution is 9.10. The largest absolute Gasteiger partial charge is 0.475 e. The number of benzene rings is 3. The van der Waals surface area contributed by atoms with E-state index in [2.05, 4.69) is 33.8 Å². The average molecular weight is 560 g/mol. The van der Waals surface area contributed by atoms with E-state index in [-0.39, 0.29) is 12.0 Å². The Morgan fingerprint density at radius 3 is 2.54 bits per heavy atom. The van der Waals surface area contributed by atoms with Crippen LogP contribution in [0.5, 0.6) is 11.5 Å². The summed E-state index contributed by atoms with van der Waals surface area (Å²) in [5.41, 5.74) is 3.89. The number of ketones is 1. The summed E-state index contributed by atoms with van der Waals surface area (Å²) in [5, 5.41) is 0.883. The minimum absolute atomic E-state index is 0.0568. The first-order chi connectivity index (χ1) is 18.1. The first-order valence-corrected chi connectivity index (χ1v) is 13.2. The molecule has 2 aliphatic rings. The SMILES string of the molecule is CC(Oc1ccc(-c2c(C(=O)c3ccc(Br)cc3)oc3cc4c(cc23)CC=CO4)cc1)N1CCOCC1. The standard InChI is InChI=1S/C30H26BrNO5/c1-19(32-12-15-34-16-13-32)36-24-10-6-20(7-11-24)28-25-17-22-3-2-14-35-26(22)18-27(25)37-30(28)29(33)21-4-8-23(31)9-5-21/h2,4-11,14,17-19H,3,12-13,15-16H2,1H3. The number of fused-ring (bicyclic) bond motifs is 2. The number of allylic oxidation sites excluding steroid dienone is 1. The lowest BCUT2D eigenvalue weighted by atomic mass is 9.96. The zero-order valence-corrected chi connectivity index (χ0v) is 22.0. The van der Waals surface area contributed by atoms with Crippen molar-refractivity contribution in [2.45, 2.75) is 19.6 Å². The van der Waals surface area contributed by atoms with Crippen molar-refractivity contribution in [3.05, 3.63) is 94.4 Å². The van der Waals surface area contributed by atoms with Crippen molar-refractivity contribution < 1.29 is 23.4 Å². The fourth-order valence-electron chi connectivity index (χ4n) is 4.83. The van der Waals surface area contributed by atoms with Gasteiger partial charge in [-0.1, -0.05) is 28.1 Å². The van der Waals surface area contributed by atoms with E-state index in [0.29, 0.717) is 16.9 Å². The molecule has 37 heavy (non-hydrogen) atoms. The van der Waals surface area contributed by atoms with Crippen molar-refractivity contribution >= 4 is 32.7 Å². The van der Waals surface area contributed by atoms with Gasteiger partial charge in [0, 0.05) is 40.1 Å². The number of rotatable bonds is 6. The van der Waals surface area contributed by atoms with Crippen LogP contribution in [0.3, 0.4) is 0 Å². The highest BCUT2D eigenvalue weighted by Gasteiger charge is 2.25. The maximum atomic E-state index is 13.6. The molecule has 0 aliphatic carbocycles. The number of morpholine rings is 1. The smallest absolute Gasteiger partial charge is 0.228 e. The van der Waals surface area contributed by atoms with E-state index in [4.69, 9.17) is 18.6 Å². The third-order valence-electron chi connectivity index (χ3n) is 6.82. The molecule has 1 unspecified atom stereocenters. The number of carbonyl (C=O) groups is 1. The van der Waals surface area contributed by atoms with Gasteiger partial charge in [-0.25, -0.2) is 0 Å². The lowest BCUT2D eigenvalue weighted by Crippen LogP contribution is -2.44. The molecule has 7 heteroatoms. The Morgan fingerprint density at radius 2 is 1.78 bits per heavy atom. The third-order valence-corrected chi connectivity index (χ3v) is 7.35. The predicted molar refractivity (Wildman–Crippen MR) is 145 cm³/mol. The molecule has 6 nitrogen and oxygen atoms in total. The number of halogens is 1. The van der Waals surface area contributed by atoms with Crippen molar-refractivity contribution in [2.75, 3.05) is 26.3 Å². The van der Waals surface area contributed by atoms with Crippen molar-refractivity contribution in [1.82, 2.24) is 4.90 Å². The lowest BCUT2D eigenvalue weighted by Gasteiger charge is -2.32. The molecule has 6 rings (SSSR count). The number of nitrogens with zero attached hydrogens (tertiary/aromatic N) is 1. The number of hydrogen-bond donors (Lipinski definition) is 0. The Kier molecular flexibility index (Phi) is 6.59. The molecule has 0 bridgehead atoms. The molecule has 0 amide bonds. The number of hydrogen-bond acceptors (Lipinski definition) is 6. The zero-order valence-electron chi connectivity index (χ0n) is 20.4. The van der Waals surface area contributed by atoms with E-state index >= 15 is 0 Å². The number of carbonyl (C=O) groups excluding carboxylic acids is 1. The van der Waals surface area contributed by atoms with E-state index in [0.717, 1.165) is 70.8 Å². The van der Waals surface area contributed by atoms with E-state index in [1.54, 1.807) is 18.4 Å². The molecule has 3 aromatic carbocycles. The van der Waals surface area contributed by atoms with Crippen LogP contribution in [-0.4, -0.2) is 43.2 Å². The van der Waals surface area contributed by atoms with Gasteiger partial charge in [0.05, 0.1) is 19.5 Å². The molecule has 1 saturated heterocycles. The second-order valence-electron chi connectivity index (χ2n) is 9.18. The van der Waals surface area contributed by atoms with Gasteiger partial charge in [-0.3, -0.25) is 9.69 Å². The van der Waals surface area contributed by atoms with Crippen molar-refractivity contribution in [1.29, 1.82) is 0 Å². The van der Waals surface area contributed by atoms with Crippen LogP contribution in [-0.2, 0) is 11.2 Å². The van der Waals surface area contributed by atoms with E-state index in [1.807, 2.05) is 48.5 Å². The van der Waals surface area contributed by atoms with Gasteiger partial charge in [0.15, 0.2) is 5.76 Å². The summed E-state index contributed by atoms with van der Waals surface area (Å²) < 4.78 is 24.5. The molecule has 0 radical (unpaired) electrons. The molecule has 0 N–H and O–H groups in total. The second kappa shape index (κ2) is 10.2. The van der Waals surface area contributed by atoms with Gasteiger partial charge in [0.25, 0.3) is 0 Å². The summed E-state index contributed by atoms with van der Waals surface area (Å²) in [6, 6.07) is 19.1. The maximum absolute atomic E-state index is 13.6. The van der Waals surface area contributed by atoms with Gasteiger partial charge in [-0.2, -0.15) is 0 Å². The summed E-state index contributed by atoms with van der Waals surface area (Å²) in [4.78, 5) is 15.9. The van der Waals surface area contributed by atoms with Gasteiger partial charge in [0.2, 0.25) is 5.78 Å². The van der Waals surface area contributed by atoms with Crippen LogP contribution in [0.2, 0.25) is 0 Å². The fourth-order valence-corrected chi connectivity index (χ4v) is 5.09. The Morgan fingerprint density at radius 1 is 1.03 bits per heavy atom. The molecular formula is C30H26BrNO5. The minimum atomic E-state index is -0.169. The Hall–Kier alpha value is -3.39. The van der Waals surface area contributed by atoms with E-state index in [9.17, 15) is 4.79 Å². The van der Waals surface area contributed by atoms with Crippen molar-refractivity contribution in [3.8, 4) is 22.6 Å². The predicted octanol–water partition coefficient (Wildman–Crippen LogP) is 6.60. The summed E-state index contributed by atoms with van der Waals surface area (Å²) in [7, 11) is 0. The normalized spacial score (nSPS) is 16.3. The molecule has 2 aliphatic heterocycles. The minimum Gasteiger partial charge on any atom is -0.475 e. The van der Waals surface area contributed by atoms with Crippen LogP contribution in [0.1, 0.15) is 28.6 Å². The molecule has 1 fully saturated rings. The molecule has 3 heterocycles. The van der Waals surface area contributed by atoms with Crippen LogP contribution >= 0.6 is 15.9 Å². The fraction of sp³-hybridized carbons (Fsp3) is 0.233. The van der Waals surface area contributed by atoms with Crippen molar-refractivity contribution in [3.63, 3.8) is 0 Å². The first kappa shape index (κ1) is 24.0. The van der Waals surface area contributed by atoms with Crippen LogP contribution in [0.25, 0.3) is 22.1 Å². The lowest BCUT2D eigenvalue weighted by molar-refractivity contribution is -0.0373. The Balaban J connectivity index is 1.38. The topological polar surface area (TPSA) is 61.1 Å². The van der Waals surface area contributed by atoms with Crippen LogP contribution in [0.4, 0.5) is 0 Å². The van der Waals surface area contributed by atoms with Gasteiger partial charge in [-0.05, 0) is 73.0 Å². The van der Waals surface area contributed by atoms with E-state index < -0.39 is 0 Å². The highest BCUT2D eigenvalue weighted by atomic mass is 79.9. The van der Waals surface area contributed by atoms with Gasteiger partial charge in [-0.15, -0.1) is 0 Å². The monoisotopic (exact) mass is 559 g/mol. The quantitative estimate of drug-likeness (QED) is 0.248. The van der Waals surface area contributed by atoms with Crippen LogP contribution in [0, 0.1) is 0 Å². The summed E-state index contributed by atoms with van der Waals surface area (Å²) in [6.07, 6.45) is 4.36. The van der Waals surface area contributed by atoms with Gasteiger partial charge in [0.1, 0.15) is 23.3 Å². The average Bonchev–Trinajstić information content (AvgIpc) is 3.31.